The fourth-order valence-electron chi connectivity index (χ4n) is 2.99. The topological polar surface area (TPSA) is 119 Å². The third-order valence-electron chi connectivity index (χ3n) is 4.76. The number of carbonyl (C=O) groups excluding carboxylic acids is 1. The lowest BCUT2D eigenvalue weighted by atomic mass is 10.1. The molecule has 180 valence electrons. The highest BCUT2D eigenvalue weighted by atomic mass is 32.2. The van der Waals surface area contributed by atoms with Crippen molar-refractivity contribution in [3.63, 3.8) is 0 Å². The molecule has 2 heterocycles. The normalized spacial score (nSPS) is 16.8. The van der Waals surface area contributed by atoms with Gasteiger partial charge >= 0.3 is 0 Å². The van der Waals surface area contributed by atoms with Crippen molar-refractivity contribution in [2.24, 2.45) is 5.16 Å². The van der Waals surface area contributed by atoms with Crippen molar-refractivity contribution in [1.82, 2.24) is 9.29 Å². The minimum Gasteiger partial charge on any atom is -0.389 e. The highest BCUT2D eigenvalue weighted by Crippen LogP contribution is 2.19. The number of nitrogens with one attached hydrogen (secondary N) is 1. The molecule has 1 amide bonds. The van der Waals surface area contributed by atoms with Gasteiger partial charge in [0.1, 0.15) is 0 Å². The van der Waals surface area contributed by atoms with E-state index in [1.165, 1.54) is 35.7 Å². The van der Waals surface area contributed by atoms with Crippen LogP contribution in [0.2, 0.25) is 0 Å². The van der Waals surface area contributed by atoms with E-state index in [0.29, 0.717) is 36.5 Å². The number of ether oxygens (including phenoxy) is 2. The van der Waals surface area contributed by atoms with E-state index in [1.807, 2.05) is 0 Å². The molecule has 1 saturated heterocycles. The van der Waals surface area contributed by atoms with Gasteiger partial charge in [0.05, 0.1) is 30.9 Å². The molecule has 1 N–H and O–H groups in total. The first-order valence-corrected chi connectivity index (χ1v) is 12.4. The molecule has 0 bridgehead atoms. The quantitative estimate of drug-likeness (QED) is 0.371. The van der Waals surface area contributed by atoms with Crippen LogP contribution in [0.5, 0.6) is 0 Å². The van der Waals surface area contributed by atoms with Crippen LogP contribution in [-0.4, -0.2) is 75.4 Å². The Bertz CT molecular complexity index is 1070. The summed E-state index contributed by atoms with van der Waals surface area (Å²) in [7, 11) is -2.24. The van der Waals surface area contributed by atoms with Crippen LogP contribution in [0.1, 0.15) is 18.9 Å². The summed E-state index contributed by atoms with van der Waals surface area (Å²) in [5.41, 5.74) is 0.218. The number of amides is 1. The number of carbonyl (C=O) groups is 1. The first-order chi connectivity index (χ1) is 15.8. The molecule has 33 heavy (non-hydrogen) atoms. The van der Waals surface area contributed by atoms with Gasteiger partial charge in [-0.05, 0) is 12.1 Å². The summed E-state index contributed by atoms with van der Waals surface area (Å²) in [5.74, 6) is -0.672. The maximum absolute atomic E-state index is 13.2. The van der Waals surface area contributed by atoms with Crippen molar-refractivity contribution in [2.75, 3.05) is 45.3 Å². The number of benzene rings is 1. The Morgan fingerprint density at radius 2 is 2.15 bits per heavy atom. The lowest BCUT2D eigenvalue weighted by molar-refractivity contribution is -0.110. The maximum Gasteiger partial charge on any atom is 0.280 e. The van der Waals surface area contributed by atoms with Crippen LogP contribution in [0, 0.1) is 5.13 Å². The van der Waals surface area contributed by atoms with E-state index in [9.17, 15) is 17.6 Å². The van der Waals surface area contributed by atoms with Gasteiger partial charge in [-0.2, -0.15) is 8.70 Å². The predicted molar refractivity (Wildman–Crippen MR) is 120 cm³/mol. The van der Waals surface area contributed by atoms with Crippen LogP contribution < -0.4 is 5.32 Å². The van der Waals surface area contributed by atoms with Gasteiger partial charge in [0, 0.05) is 32.2 Å². The van der Waals surface area contributed by atoms with Gasteiger partial charge in [0.15, 0.2) is 22.1 Å². The van der Waals surface area contributed by atoms with Crippen LogP contribution in [0.3, 0.4) is 0 Å². The first-order valence-electron chi connectivity index (χ1n) is 10.2. The van der Waals surface area contributed by atoms with E-state index in [0.717, 1.165) is 6.20 Å². The van der Waals surface area contributed by atoms with Crippen molar-refractivity contribution in [2.45, 2.75) is 24.3 Å². The number of likely N-dealkylation sites (N-methyl/N-ethyl adjacent to an activating group) is 1. The van der Waals surface area contributed by atoms with Crippen LogP contribution in [-0.2, 0) is 29.1 Å². The molecule has 0 radical (unpaired) electrons. The standard InChI is InChI=1S/C20H25FN4O6S2/c1-3-25(9-11-29-2)33(27,28)16-6-4-14(5-7-16)18(24-31-15-8-10-30-13-15)19(26)23-20-22-12-17(21)32-20/h4-7,12,15H,3,8-11,13H2,1-2H3,(H,22,23,26)/b24-18+/t15-/m1/s1. The number of hydrogen-bond acceptors (Lipinski definition) is 9. The van der Waals surface area contributed by atoms with E-state index in [1.54, 1.807) is 6.92 Å². The van der Waals surface area contributed by atoms with E-state index < -0.39 is 21.1 Å². The molecule has 1 aromatic heterocycles. The lowest BCUT2D eigenvalue weighted by Crippen LogP contribution is -2.33. The minimum atomic E-state index is -3.74. The average molecular weight is 501 g/mol. The molecule has 1 aliphatic heterocycles. The fraction of sp³-hybridized carbons (Fsp3) is 0.450. The Hall–Kier alpha value is -2.45. The molecule has 0 aliphatic carbocycles. The van der Waals surface area contributed by atoms with E-state index >= 15 is 0 Å². The number of oxime groups is 1. The van der Waals surface area contributed by atoms with E-state index in [2.05, 4.69) is 15.5 Å². The second-order valence-corrected chi connectivity index (χ2v) is 9.89. The molecule has 0 unspecified atom stereocenters. The number of sulfonamides is 1. The number of nitrogens with zero attached hydrogens (tertiary/aromatic N) is 3. The first kappa shape index (κ1) is 25.2. The number of aromatic nitrogens is 1. The summed E-state index contributed by atoms with van der Waals surface area (Å²) in [6.07, 6.45) is 1.32. The fourth-order valence-corrected chi connectivity index (χ4v) is 4.96. The summed E-state index contributed by atoms with van der Waals surface area (Å²) >= 11 is 0.669. The van der Waals surface area contributed by atoms with Crippen molar-refractivity contribution >= 4 is 38.1 Å². The number of halogens is 1. The van der Waals surface area contributed by atoms with Gasteiger partial charge < -0.3 is 14.3 Å². The molecule has 1 aromatic carbocycles. The molecular weight excluding hydrogens is 475 g/mol. The van der Waals surface area contributed by atoms with Crippen molar-refractivity contribution in [1.29, 1.82) is 0 Å². The Kier molecular flexibility index (Phi) is 8.86. The highest BCUT2D eigenvalue weighted by Gasteiger charge is 2.25. The van der Waals surface area contributed by atoms with Gasteiger partial charge in [-0.15, -0.1) is 0 Å². The maximum atomic E-state index is 13.2. The third-order valence-corrected chi connectivity index (χ3v) is 7.45. The molecule has 3 rings (SSSR count). The summed E-state index contributed by atoms with van der Waals surface area (Å²) in [6.45, 7) is 3.38. The largest absolute Gasteiger partial charge is 0.389 e. The summed E-state index contributed by atoms with van der Waals surface area (Å²) in [4.78, 5) is 22.1. The molecule has 1 atom stereocenters. The van der Waals surface area contributed by atoms with Crippen LogP contribution >= 0.6 is 11.3 Å². The molecule has 1 aliphatic rings. The smallest absolute Gasteiger partial charge is 0.280 e. The third kappa shape index (κ3) is 6.54. The molecular formula is C20H25FN4O6S2. The molecule has 2 aromatic rings. The predicted octanol–water partition coefficient (Wildman–Crippen LogP) is 2.09. The summed E-state index contributed by atoms with van der Waals surface area (Å²) in [5, 5.41) is 5.98. The van der Waals surface area contributed by atoms with Crippen LogP contribution in [0.25, 0.3) is 0 Å². The summed E-state index contributed by atoms with van der Waals surface area (Å²) in [6, 6.07) is 5.72. The Balaban J connectivity index is 1.85. The zero-order valence-electron chi connectivity index (χ0n) is 18.2. The molecule has 0 saturated carbocycles. The zero-order chi connectivity index (χ0) is 23.8. The second-order valence-electron chi connectivity index (χ2n) is 6.97. The number of thiazole rings is 1. The minimum absolute atomic E-state index is 0.0605. The molecule has 10 nitrogen and oxygen atoms in total. The Morgan fingerprint density at radius 1 is 1.39 bits per heavy atom. The van der Waals surface area contributed by atoms with Crippen molar-refractivity contribution in [3.8, 4) is 0 Å². The SMILES string of the molecule is CCN(CCOC)S(=O)(=O)c1ccc(/C(=N\O[C@@H]2CCOC2)C(=O)Nc2ncc(F)s2)cc1. The van der Waals surface area contributed by atoms with Crippen molar-refractivity contribution in [3.05, 3.63) is 41.2 Å². The van der Waals surface area contributed by atoms with Gasteiger partial charge in [0.25, 0.3) is 5.91 Å². The average Bonchev–Trinajstić information content (AvgIpc) is 3.46. The zero-order valence-corrected chi connectivity index (χ0v) is 19.8. The number of rotatable bonds is 11. The monoisotopic (exact) mass is 500 g/mol. The summed E-state index contributed by atoms with van der Waals surface area (Å²) < 4.78 is 50.6. The second kappa shape index (κ2) is 11.6. The van der Waals surface area contributed by atoms with Gasteiger partial charge in [-0.25, -0.2) is 13.4 Å². The van der Waals surface area contributed by atoms with Gasteiger partial charge in [0.2, 0.25) is 10.0 Å². The Morgan fingerprint density at radius 3 is 2.73 bits per heavy atom. The van der Waals surface area contributed by atoms with Gasteiger partial charge in [-0.1, -0.05) is 35.5 Å². The lowest BCUT2D eigenvalue weighted by Gasteiger charge is -2.20. The van der Waals surface area contributed by atoms with Gasteiger partial charge in [-0.3, -0.25) is 10.1 Å². The highest BCUT2D eigenvalue weighted by molar-refractivity contribution is 7.89. The van der Waals surface area contributed by atoms with E-state index in [4.69, 9.17) is 14.3 Å². The van der Waals surface area contributed by atoms with Crippen LogP contribution in [0.15, 0.2) is 40.5 Å². The number of methoxy groups -OCH3 is 1. The Labute approximate surface area is 195 Å². The van der Waals surface area contributed by atoms with E-state index in [-0.39, 0.29) is 41.5 Å². The number of anilines is 1. The van der Waals surface area contributed by atoms with Crippen molar-refractivity contribution < 1.29 is 31.9 Å². The molecule has 1 fully saturated rings. The molecule has 0 spiro atoms. The number of hydrogen-bond donors (Lipinski definition) is 1. The molecule has 13 heteroatoms. The van der Waals surface area contributed by atoms with Crippen LogP contribution in [0.4, 0.5) is 9.52 Å².